The predicted octanol–water partition coefficient (Wildman–Crippen LogP) is 3.57. The molecule has 4 rings (SSSR count). The molecule has 2 aliphatic heterocycles. The Labute approximate surface area is 189 Å². The van der Waals surface area contributed by atoms with Gasteiger partial charge in [-0.15, -0.1) is 0 Å². The average molecular weight is 434 g/mol. The van der Waals surface area contributed by atoms with Gasteiger partial charge >= 0.3 is 0 Å². The first-order valence-corrected chi connectivity index (χ1v) is 11.3. The predicted molar refractivity (Wildman–Crippen MR) is 129 cm³/mol. The highest BCUT2D eigenvalue weighted by molar-refractivity contribution is 6.44. The molecule has 1 saturated heterocycles. The number of carbonyl (C=O) groups is 2. The summed E-state index contributed by atoms with van der Waals surface area (Å²) in [4.78, 5) is 30.4. The smallest absolute Gasteiger partial charge is 0.271 e. The highest BCUT2D eigenvalue weighted by atomic mass is 16.2. The standard InChI is InChI=1S/C25H31N5O2/c1-4-28-13-15-29(16-14-28)22-8-6-5-7-20(22)26-25(32)21-11-12-24(31)30(27-21)23-17-18(2)9-10-19(23)3/h5-10,17H,4,11-16H2,1-3H3,(H,26,32). The number of hydrogen-bond donors (Lipinski definition) is 1. The molecule has 0 saturated carbocycles. The molecule has 0 unspecified atom stereocenters. The molecular formula is C25H31N5O2. The number of para-hydroxylation sites is 2. The quantitative estimate of drug-likeness (QED) is 0.783. The van der Waals surface area contributed by atoms with Crippen LogP contribution in [0.2, 0.25) is 0 Å². The monoisotopic (exact) mass is 433 g/mol. The van der Waals surface area contributed by atoms with Gasteiger partial charge in [-0.3, -0.25) is 9.59 Å². The van der Waals surface area contributed by atoms with Crippen molar-refractivity contribution in [1.82, 2.24) is 4.90 Å². The summed E-state index contributed by atoms with van der Waals surface area (Å²) in [6, 6.07) is 13.8. The molecule has 0 bridgehead atoms. The molecule has 7 nitrogen and oxygen atoms in total. The zero-order valence-electron chi connectivity index (χ0n) is 19.1. The van der Waals surface area contributed by atoms with Crippen molar-refractivity contribution in [3.05, 3.63) is 53.6 Å². The third-order valence-corrected chi connectivity index (χ3v) is 6.20. The average Bonchev–Trinajstić information content (AvgIpc) is 2.81. The number of carbonyl (C=O) groups excluding carboxylic acids is 2. The van der Waals surface area contributed by atoms with E-state index in [0.717, 1.165) is 60.9 Å². The largest absolute Gasteiger partial charge is 0.367 e. The van der Waals surface area contributed by atoms with Gasteiger partial charge in [0.25, 0.3) is 5.91 Å². The van der Waals surface area contributed by atoms with Gasteiger partial charge in [-0.2, -0.15) is 5.10 Å². The van der Waals surface area contributed by atoms with Crippen LogP contribution < -0.4 is 15.2 Å². The molecule has 0 aliphatic carbocycles. The second-order valence-corrected chi connectivity index (χ2v) is 8.43. The fourth-order valence-electron chi connectivity index (χ4n) is 4.21. The van der Waals surface area contributed by atoms with E-state index < -0.39 is 0 Å². The molecule has 1 N–H and O–H groups in total. The molecule has 0 radical (unpaired) electrons. The first-order valence-electron chi connectivity index (χ1n) is 11.3. The summed E-state index contributed by atoms with van der Waals surface area (Å²) in [7, 11) is 0. The van der Waals surface area contributed by atoms with Crippen LogP contribution in [0.3, 0.4) is 0 Å². The Morgan fingerprint density at radius 2 is 1.75 bits per heavy atom. The zero-order valence-corrected chi connectivity index (χ0v) is 19.1. The summed E-state index contributed by atoms with van der Waals surface area (Å²) in [5.74, 6) is -0.350. The fourth-order valence-corrected chi connectivity index (χ4v) is 4.21. The number of nitrogens with zero attached hydrogens (tertiary/aromatic N) is 4. The summed E-state index contributed by atoms with van der Waals surface area (Å²) in [6.45, 7) is 11.0. The number of anilines is 3. The van der Waals surface area contributed by atoms with E-state index in [4.69, 9.17) is 0 Å². The Hall–Kier alpha value is -3.19. The summed E-state index contributed by atoms with van der Waals surface area (Å²) in [6.07, 6.45) is 0.601. The topological polar surface area (TPSA) is 68.2 Å². The third-order valence-electron chi connectivity index (χ3n) is 6.20. The first-order chi connectivity index (χ1) is 15.5. The fraction of sp³-hybridized carbons (Fsp3) is 0.400. The minimum Gasteiger partial charge on any atom is -0.367 e. The normalized spacial score (nSPS) is 17.3. The van der Waals surface area contributed by atoms with E-state index >= 15 is 0 Å². The maximum absolute atomic E-state index is 13.1. The van der Waals surface area contributed by atoms with E-state index in [0.29, 0.717) is 12.1 Å². The number of benzene rings is 2. The lowest BCUT2D eigenvalue weighted by atomic mass is 10.1. The minimum atomic E-state index is -0.257. The summed E-state index contributed by atoms with van der Waals surface area (Å²) < 4.78 is 0. The molecule has 0 atom stereocenters. The highest BCUT2D eigenvalue weighted by Crippen LogP contribution is 2.28. The van der Waals surface area contributed by atoms with Gasteiger partial charge in [0.2, 0.25) is 5.91 Å². The van der Waals surface area contributed by atoms with Crippen molar-refractivity contribution in [2.24, 2.45) is 5.10 Å². The number of aryl methyl sites for hydroxylation is 2. The van der Waals surface area contributed by atoms with E-state index in [9.17, 15) is 9.59 Å². The van der Waals surface area contributed by atoms with Crippen LogP contribution in [0.5, 0.6) is 0 Å². The molecule has 2 heterocycles. The first kappa shape index (κ1) is 22.0. The van der Waals surface area contributed by atoms with E-state index in [1.807, 2.05) is 56.3 Å². The molecular weight excluding hydrogens is 402 g/mol. The van der Waals surface area contributed by atoms with Crippen molar-refractivity contribution >= 4 is 34.6 Å². The van der Waals surface area contributed by atoms with Gasteiger partial charge in [0.15, 0.2) is 0 Å². The van der Waals surface area contributed by atoms with Gasteiger partial charge < -0.3 is 15.1 Å². The van der Waals surface area contributed by atoms with Crippen molar-refractivity contribution in [1.29, 1.82) is 0 Å². The van der Waals surface area contributed by atoms with E-state index in [2.05, 4.69) is 27.1 Å². The maximum atomic E-state index is 13.1. The van der Waals surface area contributed by atoms with Gasteiger partial charge in [-0.25, -0.2) is 5.01 Å². The van der Waals surface area contributed by atoms with Gasteiger partial charge in [-0.1, -0.05) is 31.2 Å². The van der Waals surface area contributed by atoms with Crippen LogP contribution in [0.1, 0.15) is 30.9 Å². The summed E-state index contributed by atoms with van der Waals surface area (Å²) in [5.41, 5.74) is 4.90. The van der Waals surface area contributed by atoms with Gasteiger partial charge in [0.05, 0.1) is 17.1 Å². The molecule has 2 aromatic carbocycles. The molecule has 168 valence electrons. The molecule has 0 aromatic heterocycles. The number of hydrogen-bond acceptors (Lipinski definition) is 5. The minimum absolute atomic E-state index is 0.0931. The Morgan fingerprint density at radius 1 is 1.00 bits per heavy atom. The number of rotatable bonds is 5. The Kier molecular flexibility index (Phi) is 6.55. The third kappa shape index (κ3) is 4.67. The lowest BCUT2D eigenvalue weighted by Crippen LogP contribution is -2.46. The molecule has 0 spiro atoms. The lowest BCUT2D eigenvalue weighted by Gasteiger charge is -2.36. The van der Waals surface area contributed by atoms with Gasteiger partial charge in [0, 0.05) is 39.0 Å². The number of hydrazone groups is 1. The van der Waals surface area contributed by atoms with Crippen molar-refractivity contribution < 1.29 is 9.59 Å². The number of piperazine rings is 1. The van der Waals surface area contributed by atoms with Gasteiger partial charge in [0.1, 0.15) is 5.71 Å². The van der Waals surface area contributed by atoms with Crippen LogP contribution in [0, 0.1) is 13.8 Å². The van der Waals surface area contributed by atoms with E-state index in [1.54, 1.807) is 0 Å². The van der Waals surface area contributed by atoms with Crippen LogP contribution >= 0.6 is 0 Å². The second kappa shape index (κ2) is 9.53. The highest BCUT2D eigenvalue weighted by Gasteiger charge is 2.27. The van der Waals surface area contributed by atoms with Crippen LogP contribution in [-0.2, 0) is 9.59 Å². The second-order valence-electron chi connectivity index (χ2n) is 8.43. The molecule has 32 heavy (non-hydrogen) atoms. The van der Waals surface area contributed by atoms with Crippen LogP contribution in [-0.4, -0.2) is 55.1 Å². The molecule has 2 aliphatic rings. The Morgan fingerprint density at radius 3 is 2.50 bits per heavy atom. The van der Waals surface area contributed by atoms with Crippen molar-refractivity contribution in [3.8, 4) is 0 Å². The summed E-state index contributed by atoms with van der Waals surface area (Å²) >= 11 is 0. The lowest BCUT2D eigenvalue weighted by molar-refractivity contribution is -0.118. The molecule has 2 aromatic rings. The van der Waals surface area contributed by atoms with Gasteiger partial charge in [-0.05, 0) is 49.7 Å². The Bertz CT molecular complexity index is 1040. The zero-order chi connectivity index (χ0) is 22.7. The van der Waals surface area contributed by atoms with Crippen LogP contribution in [0.25, 0.3) is 0 Å². The SMILES string of the molecule is CCN1CCN(c2ccccc2NC(=O)C2=NN(c3cc(C)ccc3C)C(=O)CC2)CC1. The van der Waals surface area contributed by atoms with Crippen LogP contribution in [0.4, 0.5) is 17.1 Å². The number of likely N-dealkylation sites (N-methyl/N-ethyl adjacent to an activating group) is 1. The maximum Gasteiger partial charge on any atom is 0.271 e. The van der Waals surface area contributed by atoms with Crippen LogP contribution in [0.15, 0.2) is 47.6 Å². The van der Waals surface area contributed by atoms with Crippen molar-refractivity contribution in [3.63, 3.8) is 0 Å². The summed E-state index contributed by atoms with van der Waals surface area (Å²) in [5, 5.41) is 8.90. The van der Waals surface area contributed by atoms with E-state index in [1.165, 1.54) is 5.01 Å². The van der Waals surface area contributed by atoms with Crippen molar-refractivity contribution in [2.75, 3.05) is 47.9 Å². The van der Waals surface area contributed by atoms with E-state index in [-0.39, 0.29) is 18.2 Å². The van der Waals surface area contributed by atoms with Crippen molar-refractivity contribution in [2.45, 2.75) is 33.6 Å². The molecule has 1 fully saturated rings. The number of amides is 2. The Balaban J connectivity index is 1.54. The number of nitrogens with one attached hydrogen (secondary N) is 1. The molecule has 2 amide bonds. The molecule has 7 heteroatoms.